The highest BCUT2D eigenvalue weighted by molar-refractivity contribution is 5.76. The normalized spacial score (nSPS) is 12.6. The zero-order chi connectivity index (χ0) is 56.4. The summed E-state index contributed by atoms with van der Waals surface area (Å²) in [5.74, 6) is -0.0266. The van der Waals surface area contributed by atoms with Gasteiger partial charge in [-0.2, -0.15) is 0 Å². The molecule has 0 saturated carbocycles. The SMILES string of the molecule is CCCCCC/C=C\C/C=C\CCCCCCCC(=O)OCCCCCCCCCCCCCCCCCCCCCCCCCCC(=O)NC(CO)C(O)CCCCCCCCCCCCCCCCCCCCCCC. The number of ether oxygens (including phenoxy) is 1. The Balaban J connectivity index is 3.37. The number of aliphatic hydroxyl groups excluding tert-OH is 2. The minimum atomic E-state index is -0.665. The van der Waals surface area contributed by atoms with Crippen LogP contribution in [-0.4, -0.2) is 47.4 Å². The van der Waals surface area contributed by atoms with Crippen LogP contribution in [0.3, 0.4) is 0 Å². The van der Waals surface area contributed by atoms with E-state index in [1.165, 1.54) is 315 Å². The minimum Gasteiger partial charge on any atom is -0.466 e. The summed E-state index contributed by atoms with van der Waals surface area (Å²) < 4.78 is 5.49. The molecule has 6 nitrogen and oxygen atoms in total. The standard InChI is InChI=1S/C72H139NO5/c1-3-5-7-9-11-13-15-17-19-21-22-27-30-33-36-40-44-48-52-56-60-64-70(75)69(68-74)73-71(76)65-61-57-53-49-45-41-37-34-31-28-25-23-24-26-29-32-35-39-43-47-51-55-59-63-67-78-72(77)66-62-58-54-50-46-42-38-20-18-16-14-12-10-8-6-4-2/h14,16,20,38,69-70,74-75H,3-13,15,17-19,21-37,39-68H2,1-2H3,(H,73,76)/b16-14-,38-20-. The molecular weight excluding hydrogens is 959 g/mol. The quantitative estimate of drug-likeness (QED) is 0.0320. The monoisotopic (exact) mass is 1100 g/mol. The Morgan fingerprint density at radius 2 is 0.641 bits per heavy atom. The zero-order valence-corrected chi connectivity index (χ0v) is 52.9. The maximum absolute atomic E-state index is 12.5. The molecular formula is C72H139NO5. The molecule has 0 heterocycles. The van der Waals surface area contributed by atoms with Gasteiger partial charge in [-0.05, 0) is 57.8 Å². The average molecular weight is 1100 g/mol. The van der Waals surface area contributed by atoms with Crippen molar-refractivity contribution in [2.75, 3.05) is 13.2 Å². The van der Waals surface area contributed by atoms with Crippen molar-refractivity contribution in [1.29, 1.82) is 0 Å². The van der Waals surface area contributed by atoms with Crippen LogP contribution in [0.5, 0.6) is 0 Å². The van der Waals surface area contributed by atoms with Crippen molar-refractivity contribution in [3.8, 4) is 0 Å². The van der Waals surface area contributed by atoms with Crippen LogP contribution in [0, 0.1) is 0 Å². The summed E-state index contributed by atoms with van der Waals surface area (Å²) in [5.41, 5.74) is 0. The summed E-state index contributed by atoms with van der Waals surface area (Å²) in [6.07, 6.45) is 85.1. The van der Waals surface area contributed by atoms with Crippen molar-refractivity contribution in [3.63, 3.8) is 0 Å². The lowest BCUT2D eigenvalue weighted by Crippen LogP contribution is -2.45. The molecule has 0 aromatic carbocycles. The number of hydrogen-bond acceptors (Lipinski definition) is 5. The van der Waals surface area contributed by atoms with Crippen LogP contribution >= 0.6 is 0 Å². The zero-order valence-electron chi connectivity index (χ0n) is 52.9. The first-order valence-corrected chi connectivity index (χ1v) is 35.6. The number of carbonyl (C=O) groups is 2. The molecule has 0 aromatic heterocycles. The third-order valence-corrected chi connectivity index (χ3v) is 16.8. The highest BCUT2D eigenvalue weighted by Crippen LogP contribution is 2.19. The van der Waals surface area contributed by atoms with E-state index in [1.54, 1.807) is 0 Å². The number of hydrogen-bond donors (Lipinski definition) is 3. The molecule has 0 fully saturated rings. The fourth-order valence-corrected chi connectivity index (χ4v) is 11.3. The van der Waals surface area contributed by atoms with Gasteiger partial charge in [-0.15, -0.1) is 0 Å². The van der Waals surface area contributed by atoms with Crippen LogP contribution in [0.1, 0.15) is 399 Å². The second-order valence-corrected chi connectivity index (χ2v) is 24.6. The van der Waals surface area contributed by atoms with Gasteiger partial charge >= 0.3 is 5.97 Å². The Morgan fingerprint density at radius 1 is 0.359 bits per heavy atom. The van der Waals surface area contributed by atoms with E-state index in [-0.39, 0.29) is 18.5 Å². The molecule has 0 aliphatic carbocycles. The molecule has 2 atom stereocenters. The molecule has 2 unspecified atom stereocenters. The fraction of sp³-hybridized carbons (Fsp3) is 0.917. The fourth-order valence-electron chi connectivity index (χ4n) is 11.3. The predicted molar refractivity (Wildman–Crippen MR) is 343 cm³/mol. The van der Waals surface area contributed by atoms with E-state index >= 15 is 0 Å². The molecule has 0 aromatic rings. The number of carbonyl (C=O) groups excluding carboxylic acids is 2. The number of allylic oxidation sites excluding steroid dienone is 4. The predicted octanol–water partition coefficient (Wildman–Crippen LogP) is 22.9. The molecule has 3 N–H and O–H groups in total. The Hall–Kier alpha value is -1.66. The van der Waals surface area contributed by atoms with Crippen molar-refractivity contribution < 1.29 is 24.5 Å². The van der Waals surface area contributed by atoms with Crippen molar-refractivity contribution in [1.82, 2.24) is 5.32 Å². The molecule has 462 valence electrons. The van der Waals surface area contributed by atoms with Gasteiger partial charge in [0, 0.05) is 12.8 Å². The summed E-state index contributed by atoms with van der Waals surface area (Å²) in [6, 6.07) is -0.542. The van der Waals surface area contributed by atoms with E-state index < -0.39 is 12.1 Å². The number of amides is 1. The van der Waals surface area contributed by atoms with E-state index in [2.05, 4.69) is 43.5 Å². The first-order chi connectivity index (χ1) is 38.5. The summed E-state index contributed by atoms with van der Waals surface area (Å²) >= 11 is 0. The molecule has 0 rings (SSSR count). The third-order valence-electron chi connectivity index (χ3n) is 16.8. The Labute approximate surface area is 488 Å². The number of unbranched alkanes of at least 4 members (excludes halogenated alkanes) is 52. The lowest BCUT2D eigenvalue weighted by Gasteiger charge is -2.22. The van der Waals surface area contributed by atoms with Crippen molar-refractivity contribution in [2.45, 2.75) is 411 Å². The number of esters is 1. The maximum atomic E-state index is 12.5. The van der Waals surface area contributed by atoms with Crippen LogP contribution in [0.25, 0.3) is 0 Å². The lowest BCUT2D eigenvalue weighted by molar-refractivity contribution is -0.143. The van der Waals surface area contributed by atoms with Gasteiger partial charge in [0.25, 0.3) is 0 Å². The third kappa shape index (κ3) is 63.5. The van der Waals surface area contributed by atoms with Crippen molar-refractivity contribution >= 4 is 11.9 Å². The van der Waals surface area contributed by atoms with Crippen molar-refractivity contribution in [3.05, 3.63) is 24.3 Å². The summed E-state index contributed by atoms with van der Waals surface area (Å²) in [7, 11) is 0. The van der Waals surface area contributed by atoms with E-state index in [0.29, 0.717) is 25.9 Å². The van der Waals surface area contributed by atoms with Crippen LogP contribution in [0.4, 0.5) is 0 Å². The number of nitrogens with one attached hydrogen (secondary N) is 1. The van der Waals surface area contributed by atoms with Crippen LogP contribution in [0.15, 0.2) is 24.3 Å². The first-order valence-electron chi connectivity index (χ1n) is 35.6. The van der Waals surface area contributed by atoms with Crippen molar-refractivity contribution in [2.24, 2.45) is 0 Å². The Kier molecular flexibility index (Phi) is 66.4. The molecule has 0 saturated heterocycles. The maximum Gasteiger partial charge on any atom is 0.305 e. The summed E-state index contributed by atoms with van der Waals surface area (Å²) in [6.45, 7) is 4.97. The van der Waals surface area contributed by atoms with Gasteiger partial charge in [-0.1, -0.05) is 353 Å². The van der Waals surface area contributed by atoms with Gasteiger partial charge in [0.15, 0.2) is 0 Å². The smallest absolute Gasteiger partial charge is 0.305 e. The molecule has 0 aliphatic rings. The van der Waals surface area contributed by atoms with E-state index in [9.17, 15) is 19.8 Å². The second kappa shape index (κ2) is 67.8. The van der Waals surface area contributed by atoms with E-state index in [1.807, 2.05) is 0 Å². The molecule has 6 heteroatoms. The summed E-state index contributed by atoms with van der Waals surface area (Å²) in [5, 5.41) is 23.4. The summed E-state index contributed by atoms with van der Waals surface area (Å²) in [4.78, 5) is 24.6. The molecule has 78 heavy (non-hydrogen) atoms. The van der Waals surface area contributed by atoms with E-state index in [4.69, 9.17) is 4.74 Å². The highest BCUT2D eigenvalue weighted by Gasteiger charge is 2.20. The molecule has 1 amide bonds. The molecule has 0 aliphatic heterocycles. The van der Waals surface area contributed by atoms with Gasteiger partial charge in [0.05, 0.1) is 25.4 Å². The first kappa shape index (κ1) is 76.3. The van der Waals surface area contributed by atoms with Gasteiger partial charge < -0.3 is 20.3 Å². The second-order valence-electron chi connectivity index (χ2n) is 24.6. The molecule has 0 spiro atoms. The number of aliphatic hydroxyl groups is 2. The largest absolute Gasteiger partial charge is 0.466 e. The van der Waals surface area contributed by atoms with Crippen LogP contribution < -0.4 is 5.32 Å². The van der Waals surface area contributed by atoms with Gasteiger partial charge in [-0.25, -0.2) is 0 Å². The van der Waals surface area contributed by atoms with Gasteiger partial charge in [0.1, 0.15) is 0 Å². The molecule has 0 radical (unpaired) electrons. The molecule has 0 bridgehead atoms. The van der Waals surface area contributed by atoms with Crippen LogP contribution in [-0.2, 0) is 14.3 Å². The average Bonchev–Trinajstić information content (AvgIpc) is 3.44. The van der Waals surface area contributed by atoms with Crippen LogP contribution in [0.2, 0.25) is 0 Å². The van der Waals surface area contributed by atoms with Gasteiger partial charge in [-0.3, -0.25) is 9.59 Å². The highest BCUT2D eigenvalue weighted by atomic mass is 16.5. The van der Waals surface area contributed by atoms with Gasteiger partial charge in [0.2, 0.25) is 5.91 Å². The Morgan fingerprint density at radius 3 is 0.987 bits per heavy atom. The topological polar surface area (TPSA) is 95.9 Å². The number of rotatable bonds is 67. The lowest BCUT2D eigenvalue weighted by atomic mass is 10.0. The Bertz CT molecular complexity index is 1220. The van der Waals surface area contributed by atoms with E-state index in [0.717, 1.165) is 51.4 Å². The minimum absolute atomic E-state index is 0.00291.